The summed E-state index contributed by atoms with van der Waals surface area (Å²) in [5.41, 5.74) is 11.5. The van der Waals surface area contributed by atoms with Crippen LogP contribution in [0.1, 0.15) is 0 Å². The summed E-state index contributed by atoms with van der Waals surface area (Å²) in [6, 6.07) is 62.6. The fraction of sp³-hybridized carbons (Fsp3) is 0. The Balaban J connectivity index is 1.08. The molecule has 0 saturated carbocycles. The molecule has 0 fully saturated rings. The van der Waals surface area contributed by atoms with Crippen LogP contribution in [0, 0.1) is 0 Å². The molecule has 11 rings (SSSR count). The highest BCUT2D eigenvalue weighted by Gasteiger charge is 2.20. The highest BCUT2D eigenvalue weighted by atomic mass is 32.1. The Hall–Kier alpha value is -6.62. The molecule has 0 unspecified atom stereocenters. The Kier molecular flexibility index (Phi) is 6.42. The van der Waals surface area contributed by atoms with Crippen LogP contribution < -0.4 is 4.90 Å². The second kappa shape index (κ2) is 11.5. The SMILES string of the molecule is c1cc(-c2ccc3c(c2)oc2ccccc23)cc(N(c2ccc(-c3cccc4oc5ccccc5c34)cc2)c2cccc3c2sc2ccccc23)c1. The van der Waals surface area contributed by atoms with Crippen LogP contribution in [0.4, 0.5) is 17.1 Å². The first-order chi connectivity index (χ1) is 25.8. The number of benzene rings is 8. The summed E-state index contributed by atoms with van der Waals surface area (Å²) in [4.78, 5) is 2.40. The van der Waals surface area contributed by atoms with E-state index < -0.39 is 0 Å². The molecule has 244 valence electrons. The summed E-state index contributed by atoms with van der Waals surface area (Å²) in [6.45, 7) is 0. The van der Waals surface area contributed by atoms with Gasteiger partial charge in [0, 0.05) is 48.4 Å². The Morgan fingerprint density at radius 3 is 1.90 bits per heavy atom. The molecule has 11 aromatic rings. The molecule has 3 heterocycles. The molecule has 0 saturated heterocycles. The average molecular weight is 684 g/mol. The Bertz CT molecular complexity index is 3150. The van der Waals surface area contributed by atoms with Gasteiger partial charge in [0.2, 0.25) is 0 Å². The summed E-state index contributed by atoms with van der Waals surface area (Å²) in [5.74, 6) is 0. The second-order valence-electron chi connectivity index (χ2n) is 13.3. The summed E-state index contributed by atoms with van der Waals surface area (Å²) >= 11 is 1.85. The predicted molar refractivity (Wildman–Crippen MR) is 219 cm³/mol. The van der Waals surface area contributed by atoms with Gasteiger partial charge in [0.25, 0.3) is 0 Å². The number of hydrogen-bond donors (Lipinski definition) is 0. The van der Waals surface area contributed by atoms with E-state index in [2.05, 4.69) is 157 Å². The van der Waals surface area contributed by atoms with E-state index in [4.69, 9.17) is 8.83 Å². The zero-order valence-electron chi connectivity index (χ0n) is 27.9. The third kappa shape index (κ3) is 4.51. The maximum atomic E-state index is 6.29. The Labute approximate surface area is 303 Å². The molecule has 0 amide bonds. The average Bonchev–Trinajstić information content (AvgIpc) is 3.90. The lowest BCUT2D eigenvalue weighted by molar-refractivity contribution is 0.668. The van der Waals surface area contributed by atoms with Gasteiger partial charge in [-0.2, -0.15) is 0 Å². The van der Waals surface area contributed by atoms with E-state index in [1.807, 2.05) is 35.6 Å². The molecular formula is C48H29NO2S. The molecule has 0 aliphatic heterocycles. The number of thiophene rings is 1. The number of nitrogens with zero attached hydrogens (tertiary/aromatic N) is 1. The van der Waals surface area contributed by atoms with Crippen molar-refractivity contribution in [3.63, 3.8) is 0 Å². The third-order valence-electron chi connectivity index (χ3n) is 10.3. The number of hydrogen-bond acceptors (Lipinski definition) is 4. The predicted octanol–water partition coefficient (Wildman–Crippen LogP) is 14.7. The van der Waals surface area contributed by atoms with Crippen molar-refractivity contribution in [3.05, 3.63) is 176 Å². The molecule has 0 spiro atoms. The van der Waals surface area contributed by atoms with Crippen LogP contribution in [0.3, 0.4) is 0 Å². The third-order valence-corrected chi connectivity index (χ3v) is 11.5. The topological polar surface area (TPSA) is 29.5 Å². The summed E-state index contributed by atoms with van der Waals surface area (Å²) in [5, 5.41) is 7.10. The Morgan fingerprint density at radius 1 is 0.385 bits per heavy atom. The van der Waals surface area contributed by atoms with Crippen molar-refractivity contribution in [2.75, 3.05) is 4.90 Å². The van der Waals surface area contributed by atoms with E-state index in [1.54, 1.807) is 0 Å². The molecule has 3 aromatic heterocycles. The summed E-state index contributed by atoms with van der Waals surface area (Å²) in [7, 11) is 0. The van der Waals surface area contributed by atoms with Crippen molar-refractivity contribution in [1.82, 2.24) is 0 Å². The quantitative estimate of drug-likeness (QED) is 0.181. The lowest BCUT2D eigenvalue weighted by Gasteiger charge is -2.27. The fourth-order valence-electron chi connectivity index (χ4n) is 7.87. The minimum Gasteiger partial charge on any atom is -0.456 e. The van der Waals surface area contributed by atoms with E-state index in [0.29, 0.717) is 0 Å². The van der Waals surface area contributed by atoms with Gasteiger partial charge in [-0.25, -0.2) is 0 Å². The van der Waals surface area contributed by atoms with Crippen LogP contribution in [0.2, 0.25) is 0 Å². The number of anilines is 3. The minimum absolute atomic E-state index is 0.895. The molecular weight excluding hydrogens is 655 g/mol. The van der Waals surface area contributed by atoms with Crippen LogP contribution in [0.25, 0.3) is 86.3 Å². The number of furan rings is 2. The smallest absolute Gasteiger partial charge is 0.136 e. The highest BCUT2D eigenvalue weighted by Crippen LogP contribution is 2.46. The van der Waals surface area contributed by atoms with Gasteiger partial charge in [0.1, 0.15) is 22.3 Å². The standard InChI is InChI=1S/C48H29NO2S/c1-4-18-42-36(12-1)37-27-24-32(29-45(37)51-42)31-10-7-11-34(28-31)49(41-17-8-16-39-38-13-3-6-21-46(38)52-48(39)41)33-25-22-30(23-26-33)35-15-9-20-44-47(35)40-14-2-5-19-43(40)50-44/h1-29H. The van der Waals surface area contributed by atoms with Crippen molar-refractivity contribution in [1.29, 1.82) is 0 Å². The fourth-order valence-corrected chi connectivity index (χ4v) is 9.08. The largest absolute Gasteiger partial charge is 0.456 e. The molecule has 0 aliphatic rings. The first kappa shape index (κ1) is 29.1. The van der Waals surface area contributed by atoms with Crippen molar-refractivity contribution >= 4 is 92.4 Å². The first-order valence-electron chi connectivity index (χ1n) is 17.5. The molecule has 0 bridgehead atoms. The molecule has 8 aromatic carbocycles. The Morgan fingerprint density at radius 2 is 1.02 bits per heavy atom. The van der Waals surface area contributed by atoms with Crippen LogP contribution in [-0.2, 0) is 0 Å². The summed E-state index contributed by atoms with van der Waals surface area (Å²) in [6.07, 6.45) is 0. The van der Waals surface area contributed by atoms with Crippen LogP contribution in [0.5, 0.6) is 0 Å². The van der Waals surface area contributed by atoms with Crippen LogP contribution in [0.15, 0.2) is 185 Å². The maximum Gasteiger partial charge on any atom is 0.136 e. The highest BCUT2D eigenvalue weighted by molar-refractivity contribution is 7.26. The molecule has 0 atom stereocenters. The number of para-hydroxylation sites is 2. The van der Waals surface area contributed by atoms with E-state index in [0.717, 1.165) is 83.2 Å². The van der Waals surface area contributed by atoms with Crippen molar-refractivity contribution in [2.24, 2.45) is 0 Å². The zero-order chi connectivity index (χ0) is 34.2. The van der Waals surface area contributed by atoms with Gasteiger partial charge >= 0.3 is 0 Å². The van der Waals surface area contributed by atoms with E-state index >= 15 is 0 Å². The van der Waals surface area contributed by atoms with Crippen LogP contribution >= 0.6 is 11.3 Å². The van der Waals surface area contributed by atoms with Gasteiger partial charge in [0.05, 0.1) is 10.4 Å². The number of fused-ring (bicyclic) bond motifs is 9. The maximum absolute atomic E-state index is 6.29. The lowest BCUT2D eigenvalue weighted by atomic mass is 9.99. The molecule has 3 nitrogen and oxygen atoms in total. The van der Waals surface area contributed by atoms with Gasteiger partial charge < -0.3 is 13.7 Å². The van der Waals surface area contributed by atoms with Crippen molar-refractivity contribution < 1.29 is 8.83 Å². The van der Waals surface area contributed by atoms with E-state index in [-0.39, 0.29) is 0 Å². The van der Waals surface area contributed by atoms with Crippen molar-refractivity contribution in [3.8, 4) is 22.3 Å². The lowest BCUT2D eigenvalue weighted by Crippen LogP contribution is -2.10. The number of rotatable bonds is 5. The molecule has 4 heteroatoms. The van der Waals surface area contributed by atoms with Gasteiger partial charge in [0.15, 0.2) is 0 Å². The summed E-state index contributed by atoms with van der Waals surface area (Å²) < 4.78 is 15.1. The van der Waals surface area contributed by atoms with Crippen molar-refractivity contribution in [2.45, 2.75) is 0 Å². The molecule has 0 aliphatic carbocycles. The van der Waals surface area contributed by atoms with Gasteiger partial charge in [-0.15, -0.1) is 11.3 Å². The molecule has 0 radical (unpaired) electrons. The monoisotopic (exact) mass is 683 g/mol. The zero-order valence-corrected chi connectivity index (χ0v) is 28.7. The molecule has 0 N–H and O–H groups in total. The van der Waals surface area contributed by atoms with E-state index in [9.17, 15) is 0 Å². The van der Waals surface area contributed by atoms with Gasteiger partial charge in [-0.3, -0.25) is 0 Å². The minimum atomic E-state index is 0.895. The second-order valence-corrected chi connectivity index (χ2v) is 14.3. The van der Waals surface area contributed by atoms with Gasteiger partial charge in [-0.05, 0) is 89.0 Å². The normalized spacial score (nSPS) is 11.8. The van der Waals surface area contributed by atoms with Crippen LogP contribution in [-0.4, -0.2) is 0 Å². The van der Waals surface area contributed by atoms with E-state index in [1.165, 1.54) is 20.2 Å². The molecule has 52 heavy (non-hydrogen) atoms. The van der Waals surface area contributed by atoms with Gasteiger partial charge in [-0.1, -0.05) is 109 Å². The first-order valence-corrected chi connectivity index (χ1v) is 18.3.